The van der Waals surface area contributed by atoms with Gasteiger partial charge in [0.2, 0.25) is 0 Å². The molecule has 0 bridgehead atoms. The molecule has 3 nitrogen and oxygen atoms in total. The van der Waals surface area contributed by atoms with Gasteiger partial charge in [0.15, 0.2) is 0 Å². The third kappa shape index (κ3) is 2.84. The summed E-state index contributed by atoms with van der Waals surface area (Å²) < 4.78 is 2.17. The van der Waals surface area contributed by atoms with E-state index in [0.717, 1.165) is 22.8 Å². The Balaban J connectivity index is 1.76. The molecule has 2 aromatic heterocycles. The lowest BCUT2D eigenvalue weighted by molar-refractivity contribution is 0.138. The Labute approximate surface area is 125 Å². The van der Waals surface area contributed by atoms with Gasteiger partial charge in [-0.2, -0.15) is 0 Å². The minimum Gasteiger partial charge on any atom is -0.304 e. The molecule has 4 heteroatoms. The van der Waals surface area contributed by atoms with Gasteiger partial charge in [-0.05, 0) is 51.3 Å². The Morgan fingerprint density at radius 1 is 1.45 bits per heavy atom. The number of nitrogens with zero attached hydrogens (tertiary/aromatic N) is 3. The normalized spacial score (nSPS) is 20.9. The van der Waals surface area contributed by atoms with Crippen LogP contribution in [0, 0.1) is 5.92 Å². The first-order valence-electron chi connectivity index (χ1n) is 7.49. The molecule has 1 atom stereocenters. The lowest BCUT2D eigenvalue weighted by Gasteiger charge is -2.35. The Morgan fingerprint density at radius 3 is 3.10 bits per heavy atom. The van der Waals surface area contributed by atoms with E-state index in [2.05, 4.69) is 28.1 Å². The van der Waals surface area contributed by atoms with Gasteiger partial charge in [0.25, 0.3) is 0 Å². The highest BCUT2D eigenvalue weighted by molar-refractivity contribution is 6.30. The highest BCUT2D eigenvalue weighted by atomic mass is 35.5. The fourth-order valence-corrected chi connectivity index (χ4v) is 3.34. The van der Waals surface area contributed by atoms with Crippen LogP contribution in [0.2, 0.25) is 5.02 Å². The second kappa shape index (κ2) is 5.74. The highest BCUT2D eigenvalue weighted by Gasteiger charge is 2.23. The van der Waals surface area contributed by atoms with Crippen LogP contribution < -0.4 is 0 Å². The average Bonchev–Trinajstić information content (AvgIpc) is 2.81. The van der Waals surface area contributed by atoms with Gasteiger partial charge in [-0.25, -0.2) is 4.98 Å². The molecule has 108 valence electrons. The highest BCUT2D eigenvalue weighted by Crippen LogP contribution is 2.23. The van der Waals surface area contributed by atoms with Crippen molar-refractivity contribution in [1.29, 1.82) is 0 Å². The summed E-state index contributed by atoms with van der Waals surface area (Å²) in [7, 11) is 0. The van der Waals surface area contributed by atoms with Crippen LogP contribution >= 0.6 is 11.6 Å². The number of likely N-dealkylation sites (tertiary alicyclic amines) is 1. The quantitative estimate of drug-likeness (QED) is 0.860. The number of rotatable bonds is 3. The van der Waals surface area contributed by atoms with Gasteiger partial charge >= 0.3 is 0 Å². The molecule has 1 aliphatic heterocycles. The number of fused-ring (bicyclic) bond motifs is 1. The zero-order chi connectivity index (χ0) is 14.1. The molecule has 20 heavy (non-hydrogen) atoms. The smallest absolute Gasteiger partial charge is 0.113 e. The molecule has 1 aliphatic rings. The Kier molecular flexibility index (Phi) is 3.99. The fourth-order valence-electron chi connectivity index (χ4n) is 3.17. The number of aromatic nitrogens is 2. The van der Waals surface area contributed by atoms with Crippen LogP contribution in [-0.4, -0.2) is 33.4 Å². The van der Waals surface area contributed by atoms with Crippen molar-refractivity contribution in [3.63, 3.8) is 0 Å². The summed E-state index contributed by atoms with van der Waals surface area (Å²) in [5.41, 5.74) is 1.09. The van der Waals surface area contributed by atoms with E-state index in [1.54, 1.807) is 0 Å². The van der Waals surface area contributed by atoms with E-state index in [-0.39, 0.29) is 0 Å². The third-order valence-electron chi connectivity index (χ3n) is 4.32. The van der Waals surface area contributed by atoms with Gasteiger partial charge in [-0.3, -0.25) is 0 Å². The Morgan fingerprint density at radius 2 is 2.30 bits per heavy atom. The maximum Gasteiger partial charge on any atom is 0.113 e. The largest absolute Gasteiger partial charge is 0.304 e. The van der Waals surface area contributed by atoms with Crippen molar-refractivity contribution in [2.45, 2.75) is 39.2 Å². The standard InChI is InChI=1S/C16H22ClN3/c1-12(2)19-6-3-4-13(11-19)8-16-18-10-15-9-14(17)5-7-20(15)16/h5,7,9-10,12-13H,3-4,6,8,11H2,1-2H3. The molecule has 0 N–H and O–H groups in total. The monoisotopic (exact) mass is 291 g/mol. The lowest BCUT2D eigenvalue weighted by Crippen LogP contribution is -2.40. The van der Waals surface area contributed by atoms with E-state index in [1.807, 2.05) is 24.5 Å². The SMILES string of the molecule is CC(C)N1CCCC(Cc2ncc3cc(Cl)ccn23)C1. The summed E-state index contributed by atoms with van der Waals surface area (Å²) >= 11 is 6.03. The molecule has 0 amide bonds. The molecule has 2 aromatic rings. The number of imidazole rings is 1. The molecular weight excluding hydrogens is 270 g/mol. The maximum atomic E-state index is 6.03. The number of hydrogen-bond donors (Lipinski definition) is 0. The van der Waals surface area contributed by atoms with Crippen LogP contribution in [0.4, 0.5) is 0 Å². The minimum absolute atomic E-state index is 0.647. The van der Waals surface area contributed by atoms with Crippen molar-refractivity contribution in [2.75, 3.05) is 13.1 Å². The van der Waals surface area contributed by atoms with E-state index in [4.69, 9.17) is 11.6 Å². The molecular formula is C16H22ClN3. The van der Waals surface area contributed by atoms with Crippen molar-refractivity contribution >= 4 is 17.1 Å². The molecule has 0 spiro atoms. The van der Waals surface area contributed by atoms with Crippen LogP contribution in [0.25, 0.3) is 5.52 Å². The summed E-state index contributed by atoms with van der Waals surface area (Å²) in [6.07, 6.45) is 7.62. The molecule has 0 radical (unpaired) electrons. The average molecular weight is 292 g/mol. The predicted octanol–water partition coefficient (Wildman–Crippen LogP) is 3.65. The summed E-state index contributed by atoms with van der Waals surface area (Å²) in [6, 6.07) is 4.55. The molecule has 1 unspecified atom stereocenters. The van der Waals surface area contributed by atoms with Gasteiger partial charge in [-0.15, -0.1) is 0 Å². The number of piperidine rings is 1. The summed E-state index contributed by atoms with van der Waals surface area (Å²) in [5, 5.41) is 0.771. The molecule has 1 fully saturated rings. The number of halogens is 1. The van der Waals surface area contributed by atoms with E-state index in [1.165, 1.54) is 25.9 Å². The Bertz CT molecular complexity index is 590. The summed E-state index contributed by atoms with van der Waals surface area (Å²) in [4.78, 5) is 7.17. The molecule has 3 heterocycles. The van der Waals surface area contributed by atoms with Crippen molar-refractivity contribution in [3.05, 3.63) is 35.4 Å². The molecule has 1 saturated heterocycles. The predicted molar refractivity (Wildman–Crippen MR) is 83.3 cm³/mol. The van der Waals surface area contributed by atoms with Crippen LogP contribution in [0.5, 0.6) is 0 Å². The number of pyridine rings is 1. The topological polar surface area (TPSA) is 20.5 Å². The van der Waals surface area contributed by atoms with E-state index >= 15 is 0 Å². The lowest BCUT2D eigenvalue weighted by atomic mass is 9.93. The first-order chi connectivity index (χ1) is 9.63. The van der Waals surface area contributed by atoms with Gasteiger partial charge in [0.1, 0.15) is 5.82 Å². The second-order valence-corrected chi connectivity index (χ2v) is 6.55. The van der Waals surface area contributed by atoms with Gasteiger partial charge in [-0.1, -0.05) is 11.6 Å². The van der Waals surface area contributed by atoms with Crippen LogP contribution in [0.1, 0.15) is 32.5 Å². The van der Waals surface area contributed by atoms with Gasteiger partial charge in [0, 0.05) is 30.2 Å². The summed E-state index contributed by atoms with van der Waals surface area (Å²) in [6.45, 7) is 7.01. The number of hydrogen-bond acceptors (Lipinski definition) is 2. The van der Waals surface area contributed by atoms with Crippen LogP contribution in [-0.2, 0) is 6.42 Å². The fraction of sp³-hybridized carbons (Fsp3) is 0.562. The minimum atomic E-state index is 0.647. The summed E-state index contributed by atoms with van der Waals surface area (Å²) in [5.74, 6) is 1.87. The van der Waals surface area contributed by atoms with E-state index in [9.17, 15) is 0 Å². The Hall–Kier alpha value is -1.06. The van der Waals surface area contributed by atoms with Crippen LogP contribution in [0.3, 0.4) is 0 Å². The van der Waals surface area contributed by atoms with Crippen molar-refractivity contribution < 1.29 is 0 Å². The first kappa shape index (κ1) is 13.9. The molecule has 0 aliphatic carbocycles. The van der Waals surface area contributed by atoms with E-state index < -0.39 is 0 Å². The third-order valence-corrected chi connectivity index (χ3v) is 4.56. The van der Waals surface area contributed by atoms with Crippen molar-refractivity contribution in [3.8, 4) is 0 Å². The van der Waals surface area contributed by atoms with Crippen LogP contribution in [0.15, 0.2) is 24.5 Å². The van der Waals surface area contributed by atoms with E-state index in [0.29, 0.717) is 12.0 Å². The van der Waals surface area contributed by atoms with Gasteiger partial charge < -0.3 is 9.30 Å². The van der Waals surface area contributed by atoms with Crippen molar-refractivity contribution in [1.82, 2.24) is 14.3 Å². The second-order valence-electron chi connectivity index (χ2n) is 6.12. The van der Waals surface area contributed by atoms with Gasteiger partial charge in [0.05, 0.1) is 11.7 Å². The maximum absolute atomic E-state index is 6.03. The zero-order valence-corrected chi connectivity index (χ0v) is 13.0. The molecule has 0 saturated carbocycles. The zero-order valence-electron chi connectivity index (χ0n) is 12.2. The first-order valence-corrected chi connectivity index (χ1v) is 7.87. The molecule has 0 aromatic carbocycles. The molecule has 3 rings (SSSR count). The van der Waals surface area contributed by atoms with Crippen molar-refractivity contribution in [2.24, 2.45) is 5.92 Å².